The van der Waals surface area contributed by atoms with Crippen molar-refractivity contribution in [1.82, 2.24) is 0 Å². The molecule has 1 saturated heterocycles. The molecule has 0 amide bonds. The quantitative estimate of drug-likeness (QED) is 0.736. The van der Waals surface area contributed by atoms with Crippen molar-refractivity contribution >= 4 is 11.7 Å². The number of carboxylic acid groups (broad SMARTS) is 1. The lowest BCUT2D eigenvalue weighted by Crippen LogP contribution is -2.27. The van der Waals surface area contributed by atoms with Crippen molar-refractivity contribution in [3.63, 3.8) is 0 Å². The van der Waals surface area contributed by atoms with Crippen LogP contribution in [0.1, 0.15) is 24.5 Å². The summed E-state index contributed by atoms with van der Waals surface area (Å²) in [4.78, 5) is 12.8. The molecule has 0 radical (unpaired) electrons. The van der Waals surface area contributed by atoms with Crippen molar-refractivity contribution in [2.45, 2.75) is 25.0 Å². The number of carbonyl (C=O) groups is 1. The number of aliphatic carboxylic acids is 1. The average molecular weight is 251 g/mol. The molecule has 0 bridgehead atoms. The minimum absolute atomic E-state index is 0.410. The number of rotatable bonds is 4. The zero-order valence-electron chi connectivity index (χ0n) is 9.99. The Morgan fingerprint density at radius 2 is 1.67 bits per heavy atom. The molecule has 2 atom stereocenters. The Morgan fingerprint density at radius 3 is 2.17 bits per heavy atom. The highest BCUT2D eigenvalue weighted by Crippen LogP contribution is 2.24. The number of carboxylic acids is 1. The fourth-order valence-corrected chi connectivity index (χ4v) is 2.17. The van der Waals surface area contributed by atoms with Crippen LogP contribution in [0.4, 0.5) is 5.69 Å². The van der Waals surface area contributed by atoms with Crippen molar-refractivity contribution in [2.75, 3.05) is 18.0 Å². The highest BCUT2D eigenvalue weighted by Gasteiger charge is 2.25. The van der Waals surface area contributed by atoms with Gasteiger partial charge in [-0.15, -0.1) is 0 Å². The van der Waals surface area contributed by atoms with E-state index in [-0.39, 0.29) is 0 Å². The highest BCUT2D eigenvalue weighted by atomic mass is 16.4. The lowest BCUT2D eigenvalue weighted by Gasteiger charge is -2.19. The predicted octanol–water partition coefficient (Wildman–Crippen LogP) is 0.766. The second kappa shape index (κ2) is 5.37. The van der Waals surface area contributed by atoms with Gasteiger partial charge in [0.05, 0.1) is 0 Å². The molecule has 1 aliphatic rings. The maximum Gasteiger partial charge on any atom is 0.335 e. The van der Waals surface area contributed by atoms with Crippen molar-refractivity contribution in [3.05, 3.63) is 29.8 Å². The number of hydrogen-bond donors (Lipinski definition) is 3. The second-order valence-electron chi connectivity index (χ2n) is 4.51. The minimum atomic E-state index is -1.79. The zero-order valence-corrected chi connectivity index (χ0v) is 9.99. The van der Waals surface area contributed by atoms with Gasteiger partial charge in [0.2, 0.25) is 0 Å². The molecule has 18 heavy (non-hydrogen) atoms. The van der Waals surface area contributed by atoms with Gasteiger partial charge in [-0.25, -0.2) is 4.79 Å². The smallest absolute Gasteiger partial charge is 0.335 e. The summed E-state index contributed by atoms with van der Waals surface area (Å²) >= 11 is 0. The molecule has 1 fully saturated rings. The van der Waals surface area contributed by atoms with Crippen LogP contribution >= 0.6 is 0 Å². The van der Waals surface area contributed by atoms with Gasteiger partial charge in [-0.05, 0) is 30.5 Å². The van der Waals surface area contributed by atoms with E-state index in [1.54, 1.807) is 12.1 Å². The number of anilines is 1. The van der Waals surface area contributed by atoms with Crippen molar-refractivity contribution in [2.24, 2.45) is 0 Å². The largest absolute Gasteiger partial charge is 0.479 e. The van der Waals surface area contributed by atoms with E-state index in [0.29, 0.717) is 5.56 Å². The van der Waals surface area contributed by atoms with Crippen LogP contribution in [0.2, 0.25) is 0 Å². The van der Waals surface area contributed by atoms with Crippen LogP contribution in [0.15, 0.2) is 24.3 Å². The molecular weight excluding hydrogens is 234 g/mol. The molecular formula is C13H17NO4. The Labute approximate surface area is 105 Å². The Balaban J connectivity index is 2.09. The zero-order chi connectivity index (χ0) is 13.1. The van der Waals surface area contributed by atoms with E-state index in [0.717, 1.165) is 18.8 Å². The molecule has 5 nitrogen and oxygen atoms in total. The van der Waals surface area contributed by atoms with Gasteiger partial charge in [0.25, 0.3) is 0 Å². The van der Waals surface area contributed by atoms with Crippen molar-refractivity contribution in [1.29, 1.82) is 0 Å². The maximum absolute atomic E-state index is 10.6. The highest BCUT2D eigenvalue weighted by molar-refractivity contribution is 5.73. The first kappa shape index (κ1) is 12.9. The van der Waals surface area contributed by atoms with Gasteiger partial charge in [0.15, 0.2) is 6.10 Å². The lowest BCUT2D eigenvalue weighted by molar-refractivity contribution is -0.153. The van der Waals surface area contributed by atoms with Crippen LogP contribution in [0.5, 0.6) is 0 Å². The topological polar surface area (TPSA) is 81.0 Å². The van der Waals surface area contributed by atoms with E-state index in [1.165, 1.54) is 12.8 Å². The summed E-state index contributed by atoms with van der Waals surface area (Å²) in [5.41, 5.74) is 1.47. The fourth-order valence-electron chi connectivity index (χ4n) is 2.17. The Morgan fingerprint density at radius 1 is 1.11 bits per heavy atom. The fraction of sp³-hybridized carbons (Fsp3) is 0.462. The van der Waals surface area contributed by atoms with E-state index in [2.05, 4.69) is 4.90 Å². The van der Waals surface area contributed by atoms with Crippen LogP contribution in [0, 0.1) is 0 Å². The lowest BCUT2D eigenvalue weighted by atomic mass is 10.0. The molecule has 2 unspecified atom stereocenters. The number of hydrogen-bond acceptors (Lipinski definition) is 4. The number of aliphatic hydroxyl groups excluding tert-OH is 2. The summed E-state index contributed by atoms with van der Waals surface area (Å²) in [6.07, 6.45) is -0.817. The van der Waals surface area contributed by atoms with E-state index in [4.69, 9.17) is 5.11 Å². The molecule has 1 aromatic carbocycles. The minimum Gasteiger partial charge on any atom is -0.479 e. The van der Waals surface area contributed by atoms with Crippen molar-refractivity contribution < 1.29 is 20.1 Å². The molecule has 0 saturated carbocycles. The molecule has 1 aliphatic heterocycles. The summed E-state index contributed by atoms with van der Waals surface area (Å²) in [6, 6.07) is 7.01. The monoisotopic (exact) mass is 251 g/mol. The molecule has 1 heterocycles. The van der Waals surface area contributed by atoms with Gasteiger partial charge in [-0.1, -0.05) is 12.1 Å². The van der Waals surface area contributed by atoms with E-state index >= 15 is 0 Å². The molecule has 0 aliphatic carbocycles. The summed E-state index contributed by atoms with van der Waals surface area (Å²) < 4.78 is 0. The van der Waals surface area contributed by atoms with Crippen LogP contribution in [-0.4, -0.2) is 40.5 Å². The van der Waals surface area contributed by atoms with Gasteiger partial charge in [0, 0.05) is 18.8 Å². The molecule has 2 rings (SSSR count). The third-order valence-electron chi connectivity index (χ3n) is 3.26. The van der Waals surface area contributed by atoms with Gasteiger partial charge in [0.1, 0.15) is 6.10 Å². The van der Waals surface area contributed by atoms with Crippen LogP contribution in [0.3, 0.4) is 0 Å². The first-order chi connectivity index (χ1) is 8.59. The standard InChI is InChI=1S/C13H17NO4/c15-11(12(16)13(17)18)9-3-5-10(6-4-9)14-7-1-2-8-14/h3-6,11-12,15-16H,1-2,7-8H2,(H,17,18). The Bertz CT molecular complexity index is 412. The molecule has 3 N–H and O–H groups in total. The average Bonchev–Trinajstić information content (AvgIpc) is 2.91. The van der Waals surface area contributed by atoms with Crippen LogP contribution in [0.25, 0.3) is 0 Å². The van der Waals surface area contributed by atoms with E-state index in [9.17, 15) is 15.0 Å². The van der Waals surface area contributed by atoms with Crippen LogP contribution in [-0.2, 0) is 4.79 Å². The molecule has 98 valence electrons. The number of aliphatic hydroxyl groups is 2. The summed E-state index contributed by atoms with van der Waals surface area (Å²) in [5.74, 6) is -1.42. The van der Waals surface area contributed by atoms with Gasteiger partial charge in [-0.2, -0.15) is 0 Å². The van der Waals surface area contributed by atoms with Gasteiger partial charge >= 0.3 is 5.97 Å². The number of benzene rings is 1. The van der Waals surface area contributed by atoms with Crippen LogP contribution < -0.4 is 4.90 Å². The van der Waals surface area contributed by atoms with E-state index in [1.807, 2.05) is 12.1 Å². The molecule has 0 spiro atoms. The van der Waals surface area contributed by atoms with Gasteiger partial charge < -0.3 is 20.2 Å². The Kier molecular flexibility index (Phi) is 3.84. The predicted molar refractivity (Wildman–Crippen MR) is 66.5 cm³/mol. The third-order valence-corrected chi connectivity index (χ3v) is 3.26. The summed E-state index contributed by atoms with van der Waals surface area (Å²) in [7, 11) is 0. The first-order valence-corrected chi connectivity index (χ1v) is 6.03. The normalized spacial score (nSPS) is 18.7. The summed E-state index contributed by atoms with van der Waals surface area (Å²) in [5, 5.41) is 27.6. The van der Waals surface area contributed by atoms with Crippen molar-refractivity contribution in [3.8, 4) is 0 Å². The molecule has 0 aromatic heterocycles. The van der Waals surface area contributed by atoms with E-state index < -0.39 is 18.2 Å². The first-order valence-electron chi connectivity index (χ1n) is 6.03. The third kappa shape index (κ3) is 2.63. The summed E-state index contributed by atoms with van der Waals surface area (Å²) in [6.45, 7) is 2.05. The van der Waals surface area contributed by atoms with Gasteiger partial charge in [-0.3, -0.25) is 0 Å². The SMILES string of the molecule is O=C(O)C(O)C(O)c1ccc(N2CCCC2)cc1. The molecule has 1 aromatic rings. The number of nitrogens with zero attached hydrogens (tertiary/aromatic N) is 1. The maximum atomic E-state index is 10.6. The second-order valence-corrected chi connectivity index (χ2v) is 4.51. The Hall–Kier alpha value is -1.59. The molecule has 5 heteroatoms.